The van der Waals surface area contributed by atoms with Gasteiger partial charge in [0.15, 0.2) is 0 Å². The highest BCUT2D eigenvalue weighted by molar-refractivity contribution is 6.40. The summed E-state index contributed by atoms with van der Waals surface area (Å²) in [6.07, 6.45) is 0.469. The van der Waals surface area contributed by atoms with Crippen LogP contribution in [0.15, 0.2) is 28.7 Å². The Hall–Kier alpha value is -2.87. The summed E-state index contributed by atoms with van der Waals surface area (Å²) in [6.45, 7) is 1.48. The van der Waals surface area contributed by atoms with Crippen LogP contribution in [0.25, 0.3) is 11.0 Å². The highest BCUT2D eigenvalue weighted by Crippen LogP contribution is 2.30. The maximum atomic E-state index is 12.0. The molecule has 2 rings (SSSR count). The Morgan fingerprint density at radius 3 is 2.57 bits per heavy atom. The second-order valence-electron chi connectivity index (χ2n) is 4.88. The predicted octanol–water partition coefficient (Wildman–Crippen LogP) is 0.357. The molecule has 8 heteroatoms. The normalized spacial score (nSPS) is 11.9. The average molecular weight is 319 g/mol. The fourth-order valence-corrected chi connectivity index (χ4v) is 2.04. The number of hydrogen-bond acceptors (Lipinski definition) is 5. The quantitative estimate of drug-likeness (QED) is 0.590. The molecule has 0 aliphatic rings. The summed E-state index contributed by atoms with van der Waals surface area (Å²) in [5.41, 5.74) is 5.64. The van der Waals surface area contributed by atoms with Crippen LogP contribution in [0.5, 0.6) is 0 Å². The molecule has 5 N–H and O–H groups in total. The molecule has 0 aliphatic heterocycles. The number of carbonyl (C=O) groups excluding carboxylic acids is 3. The number of aliphatic hydroxyl groups excluding tert-OH is 1. The summed E-state index contributed by atoms with van der Waals surface area (Å²) in [5, 5.41) is 14.2. The number of carbonyl (C=O) groups is 3. The fraction of sp³-hybridized carbons (Fsp3) is 0.267. The van der Waals surface area contributed by atoms with Crippen LogP contribution in [0.3, 0.4) is 0 Å². The smallest absolute Gasteiger partial charge is 0.313 e. The Labute approximate surface area is 131 Å². The molecule has 2 aromatic rings. The van der Waals surface area contributed by atoms with E-state index in [-0.39, 0.29) is 18.1 Å². The molecular formula is C15H17N3O5. The van der Waals surface area contributed by atoms with E-state index in [1.54, 1.807) is 31.2 Å². The first-order valence-electron chi connectivity index (χ1n) is 7.02. The first-order valence-corrected chi connectivity index (χ1v) is 7.02. The standard InChI is InChI=1S/C15H17N3O5/c1-2-8(7-19)17-14(21)15(22)18-11-9-5-3-4-6-10(9)23-12(11)13(16)20/h3-6,8,19H,2,7H2,1H3,(H2,16,20)(H,17,21)(H,18,22)/t8-/m1/s1. The van der Waals surface area contributed by atoms with Crippen molar-refractivity contribution in [3.8, 4) is 0 Å². The molecule has 1 atom stereocenters. The Morgan fingerprint density at radius 2 is 1.96 bits per heavy atom. The van der Waals surface area contributed by atoms with Gasteiger partial charge >= 0.3 is 11.8 Å². The molecule has 0 bridgehead atoms. The zero-order valence-electron chi connectivity index (χ0n) is 12.5. The predicted molar refractivity (Wildman–Crippen MR) is 82.7 cm³/mol. The molecule has 0 radical (unpaired) electrons. The second-order valence-corrected chi connectivity index (χ2v) is 4.88. The van der Waals surface area contributed by atoms with Gasteiger partial charge in [0, 0.05) is 5.39 Å². The van der Waals surface area contributed by atoms with Crippen LogP contribution in [0, 0.1) is 0 Å². The Bertz CT molecular complexity index is 749. The van der Waals surface area contributed by atoms with E-state index in [0.717, 1.165) is 0 Å². The van der Waals surface area contributed by atoms with Gasteiger partial charge in [-0.3, -0.25) is 14.4 Å². The van der Waals surface area contributed by atoms with Gasteiger partial charge in [0.1, 0.15) is 11.3 Å². The molecule has 0 unspecified atom stereocenters. The summed E-state index contributed by atoms with van der Waals surface area (Å²) in [7, 11) is 0. The van der Waals surface area contributed by atoms with Crippen LogP contribution < -0.4 is 16.4 Å². The van der Waals surface area contributed by atoms with E-state index in [9.17, 15) is 14.4 Å². The number of primary amides is 1. The highest BCUT2D eigenvalue weighted by Gasteiger charge is 2.24. The lowest BCUT2D eigenvalue weighted by molar-refractivity contribution is -0.136. The fourth-order valence-electron chi connectivity index (χ4n) is 2.04. The van der Waals surface area contributed by atoms with Crippen molar-refractivity contribution < 1.29 is 23.9 Å². The summed E-state index contributed by atoms with van der Waals surface area (Å²) in [4.78, 5) is 35.3. The molecule has 0 fully saturated rings. The largest absolute Gasteiger partial charge is 0.449 e. The number of para-hydroxylation sites is 1. The third-order valence-electron chi connectivity index (χ3n) is 3.31. The summed E-state index contributed by atoms with van der Waals surface area (Å²) in [6, 6.07) is 6.10. The number of amides is 3. The maximum absolute atomic E-state index is 12.0. The van der Waals surface area contributed by atoms with Crippen molar-refractivity contribution in [1.29, 1.82) is 0 Å². The lowest BCUT2D eigenvalue weighted by Crippen LogP contribution is -2.43. The summed E-state index contributed by atoms with van der Waals surface area (Å²) < 4.78 is 5.30. The molecule has 1 aromatic carbocycles. The van der Waals surface area contributed by atoms with Gasteiger partial charge in [-0.05, 0) is 18.6 Å². The Kier molecular flexibility index (Phi) is 4.97. The van der Waals surface area contributed by atoms with Crippen LogP contribution >= 0.6 is 0 Å². The number of aliphatic hydroxyl groups is 1. The van der Waals surface area contributed by atoms with Crippen molar-refractivity contribution in [1.82, 2.24) is 5.32 Å². The zero-order valence-corrected chi connectivity index (χ0v) is 12.5. The van der Waals surface area contributed by atoms with Crippen molar-refractivity contribution in [3.63, 3.8) is 0 Å². The van der Waals surface area contributed by atoms with Gasteiger partial charge in [-0.15, -0.1) is 0 Å². The van der Waals surface area contributed by atoms with Crippen LogP contribution in [0.4, 0.5) is 5.69 Å². The third-order valence-corrected chi connectivity index (χ3v) is 3.31. The molecule has 0 aliphatic carbocycles. The SMILES string of the molecule is CC[C@H](CO)NC(=O)C(=O)Nc1c(C(N)=O)oc2ccccc12. The Balaban J connectivity index is 2.27. The molecule has 23 heavy (non-hydrogen) atoms. The highest BCUT2D eigenvalue weighted by atomic mass is 16.3. The molecule has 3 amide bonds. The van der Waals surface area contributed by atoms with Gasteiger partial charge in [0.25, 0.3) is 5.91 Å². The van der Waals surface area contributed by atoms with Gasteiger partial charge in [0.2, 0.25) is 5.76 Å². The van der Waals surface area contributed by atoms with E-state index in [1.807, 2.05) is 0 Å². The van der Waals surface area contributed by atoms with Gasteiger partial charge in [0.05, 0.1) is 12.6 Å². The molecule has 0 spiro atoms. The second kappa shape index (κ2) is 6.93. The number of rotatable bonds is 5. The third kappa shape index (κ3) is 3.49. The van der Waals surface area contributed by atoms with E-state index in [2.05, 4.69) is 10.6 Å². The van der Waals surface area contributed by atoms with Crippen LogP contribution in [-0.2, 0) is 9.59 Å². The first kappa shape index (κ1) is 16.5. The van der Waals surface area contributed by atoms with Gasteiger partial charge < -0.3 is 25.9 Å². The Morgan fingerprint density at radius 1 is 1.26 bits per heavy atom. The van der Waals surface area contributed by atoms with Crippen molar-refractivity contribution >= 4 is 34.4 Å². The lowest BCUT2D eigenvalue weighted by Gasteiger charge is -2.13. The maximum Gasteiger partial charge on any atom is 0.313 e. The minimum atomic E-state index is -0.981. The lowest BCUT2D eigenvalue weighted by atomic mass is 10.2. The first-order chi connectivity index (χ1) is 11.0. The zero-order chi connectivity index (χ0) is 17.0. The van der Waals surface area contributed by atoms with E-state index in [4.69, 9.17) is 15.3 Å². The van der Waals surface area contributed by atoms with E-state index in [0.29, 0.717) is 17.4 Å². The molecule has 0 saturated carbocycles. The molecule has 8 nitrogen and oxygen atoms in total. The number of hydrogen-bond donors (Lipinski definition) is 4. The number of fused-ring (bicyclic) bond motifs is 1. The number of anilines is 1. The van der Waals surface area contributed by atoms with Crippen molar-refractivity contribution in [2.24, 2.45) is 5.73 Å². The molecule has 122 valence electrons. The van der Waals surface area contributed by atoms with Gasteiger partial charge in [-0.25, -0.2) is 0 Å². The number of nitrogens with two attached hydrogens (primary N) is 1. The number of benzene rings is 1. The van der Waals surface area contributed by atoms with Gasteiger partial charge in [-0.1, -0.05) is 19.1 Å². The van der Waals surface area contributed by atoms with Crippen LogP contribution in [0.2, 0.25) is 0 Å². The van der Waals surface area contributed by atoms with Gasteiger partial charge in [-0.2, -0.15) is 0 Å². The molecule has 1 heterocycles. The minimum Gasteiger partial charge on any atom is -0.449 e. The van der Waals surface area contributed by atoms with Crippen LogP contribution in [0.1, 0.15) is 23.9 Å². The van der Waals surface area contributed by atoms with Crippen LogP contribution in [-0.4, -0.2) is 35.5 Å². The minimum absolute atomic E-state index is 0.0466. The monoisotopic (exact) mass is 319 g/mol. The van der Waals surface area contributed by atoms with Crippen molar-refractivity contribution in [3.05, 3.63) is 30.0 Å². The van der Waals surface area contributed by atoms with Crippen molar-refractivity contribution in [2.75, 3.05) is 11.9 Å². The topological polar surface area (TPSA) is 135 Å². The average Bonchev–Trinajstić information content (AvgIpc) is 2.91. The van der Waals surface area contributed by atoms with E-state index >= 15 is 0 Å². The molecular weight excluding hydrogens is 302 g/mol. The van der Waals surface area contributed by atoms with E-state index in [1.165, 1.54) is 0 Å². The van der Waals surface area contributed by atoms with Crippen molar-refractivity contribution in [2.45, 2.75) is 19.4 Å². The number of furan rings is 1. The summed E-state index contributed by atoms with van der Waals surface area (Å²) >= 11 is 0. The molecule has 1 aromatic heterocycles. The number of nitrogens with one attached hydrogen (secondary N) is 2. The summed E-state index contributed by atoms with van der Waals surface area (Å²) in [5.74, 6) is -3.00. The van der Waals surface area contributed by atoms with E-state index < -0.39 is 23.8 Å². The molecule has 0 saturated heterocycles.